The molecule has 0 aromatic heterocycles. The van der Waals surface area contributed by atoms with E-state index in [2.05, 4.69) is 5.32 Å². The van der Waals surface area contributed by atoms with E-state index in [0.717, 1.165) is 19.3 Å². The second-order valence-corrected chi connectivity index (χ2v) is 4.53. The summed E-state index contributed by atoms with van der Waals surface area (Å²) in [5, 5.41) is 13.4. The standard InChI is InChI=1S/C13H17ClN2O4/c1-20-12-9-10(16(18)19)5-6-11(12)13(17)15-8-4-2-3-7-14/h5-6,9H,2-4,7-8H2,1H3,(H,15,17). The molecule has 0 saturated heterocycles. The van der Waals surface area contributed by atoms with Gasteiger partial charge in [-0.25, -0.2) is 0 Å². The Morgan fingerprint density at radius 1 is 1.40 bits per heavy atom. The molecule has 1 aromatic carbocycles. The number of non-ortho nitro benzene ring substituents is 1. The normalized spacial score (nSPS) is 10.1. The summed E-state index contributed by atoms with van der Waals surface area (Å²) in [4.78, 5) is 22.1. The molecule has 0 saturated carbocycles. The first kappa shape index (κ1) is 16.2. The van der Waals surface area contributed by atoms with E-state index in [9.17, 15) is 14.9 Å². The third kappa shape index (κ3) is 4.70. The van der Waals surface area contributed by atoms with Crippen molar-refractivity contribution in [1.82, 2.24) is 5.32 Å². The van der Waals surface area contributed by atoms with Crippen LogP contribution in [0, 0.1) is 10.1 Å². The summed E-state index contributed by atoms with van der Waals surface area (Å²) >= 11 is 5.56. The number of unbranched alkanes of at least 4 members (excludes halogenated alkanes) is 2. The van der Waals surface area contributed by atoms with E-state index in [1.54, 1.807) is 0 Å². The first-order valence-corrected chi connectivity index (χ1v) is 6.80. The molecule has 20 heavy (non-hydrogen) atoms. The number of hydrogen-bond acceptors (Lipinski definition) is 4. The number of carbonyl (C=O) groups is 1. The Kier molecular flexibility index (Phi) is 6.79. The molecule has 0 radical (unpaired) electrons. The Labute approximate surface area is 122 Å². The number of nitro benzene ring substituents is 1. The topological polar surface area (TPSA) is 81.5 Å². The summed E-state index contributed by atoms with van der Waals surface area (Å²) in [6.45, 7) is 0.538. The average molecular weight is 301 g/mol. The van der Waals surface area contributed by atoms with Crippen LogP contribution in [-0.2, 0) is 0 Å². The molecule has 0 aliphatic heterocycles. The van der Waals surface area contributed by atoms with Gasteiger partial charge in [-0.2, -0.15) is 0 Å². The lowest BCUT2D eigenvalue weighted by Gasteiger charge is -2.09. The van der Waals surface area contributed by atoms with Crippen molar-refractivity contribution in [3.63, 3.8) is 0 Å². The number of carbonyl (C=O) groups excluding carboxylic acids is 1. The third-order valence-electron chi connectivity index (χ3n) is 2.74. The van der Waals surface area contributed by atoms with Crippen molar-refractivity contribution in [2.75, 3.05) is 19.5 Å². The summed E-state index contributed by atoms with van der Waals surface area (Å²) in [5.41, 5.74) is 0.177. The van der Waals surface area contributed by atoms with E-state index in [1.165, 1.54) is 25.3 Å². The molecule has 0 fully saturated rings. The molecule has 0 unspecified atom stereocenters. The second-order valence-electron chi connectivity index (χ2n) is 4.15. The van der Waals surface area contributed by atoms with Gasteiger partial charge in [0.15, 0.2) is 0 Å². The Morgan fingerprint density at radius 2 is 2.15 bits per heavy atom. The fourth-order valence-electron chi connectivity index (χ4n) is 1.67. The highest BCUT2D eigenvalue weighted by Gasteiger charge is 2.16. The first-order valence-electron chi connectivity index (χ1n) is 6.26. The molecule has 0 atom stereocenters. The number of nitrogens with one attached hydrogen (secondary N) is 1. The van der Waals surface area contributed by atoms with Crippen LogP contribution in [0.3, 0.4) is 0 Å². The van der Waals surface area contributed by atoms with Crippen molar-refractivity contribution >= 4 is 23.2 Å². The minimum Gasteiger partial charge on any atom is -0.496 e. The molecule has 0 aliphatic rings. The average Bonchev–Trinajstić information content (AvgIpc) is 2.46. The monoisotopic (exact) mass is 300 g/mol. The number of nitro groups is 1. The van der Waals surface area contributed by atoms with Gasteiger partial charge >= 0.3 is 0 Å². The van der Waals surface area contributed by atoms with Gasteiger partial charge in [-0.15, -0.1) is 11.6 Å². The van der Waals surface area contributed by atoms with Crippen LogP contribution in [-0.4, -0.2) is 30.4 Å². The van der Waals surface area contributed by atoms with E-state index >= 15 is 0 Å². The van der Waals surface area contributed by atoms with E-state index in [1.807, 2.05) is 0 Å². The lowest BCUT2D eigenvalue weighted by molar-refractivity contribution is -0.384. The molecule has 1 rings (SSSR count). The lowest BCUT2D eigenvalue weighted by Crippen LogP contribution is -2.25. The highest BCUT2D eigenvalue weighted by atomic mass is 35.5. The Bertz CT molecular complexity index is 479. The zero-order chi connectivity index (χ0) is 15.0. The summed E-state index contributed by atoms with van der Waals surface area (Å²) < 4.78 is 5.02. The van der Waals surface area contributed by atoms with Crippen molar-refractivity contribution in [1.29, 1.82) is 0 Å². The predicted octanol–water partition coefficient (Wildman–Crippen LogP) is 2.74. The minimum atomic E-state index is -0.531. The Balaban J connectivity index is 2.65. The van der Waals surface area contributed by atoms with Crippen molar-refractivity contribution < 1.29 is 14.5 Å². The summed E-state index contributed by atoms with van der Waals surface area (Å²) in [5.74, 6) is 0.504. The van der Waals surface area contributed by atoms with Gasteiger partial charge in [0.1, 0.15) is 5.75 Å². The number of nitrogens with zero attached hydrogens (tertiary/aromatic N) is 1. The number of halogens is 1. The molecular formula is C13H17ClN2O4. The van der Waals surface area contributed by atoms with Gasteiger partial charge in [0, 0.05) is 18.5 Å². The molecule has 7 heteroatoms. The molecule has 1 amide bonds. The fraction of sp³-hybridized carbons (Fsp3) is 0.462. The van der Waals surface area contributed by atoms with Crippen molar-refractivity contribution in [2.24, 2.45) is 0 Å². The summed E-state index contributed by atoms with van der Waals surface area (Å²) in [7, 11) is 1.37. The fourth-order valence-corrected chi connectivity index (χ4v) is 1.86. The molecule has 1 aromatic rings. The zero-order valence-corrected chi connectivity index (χ0v) is 12.0. The smallest absolute Gasteiger partial charge is 0.273 e. The Morgan fingerprint density at radius 3 is 2.75 bits per heavy atom. The van der Waals surface area contributed by atoms with E-state index in [-0.39, 0.29) is 22.9 Å². The predicted molar refractivity (Wildman–Crippen MR) is 76.6 cm³/mol. The van der Waals surface area contributed by atoms with Crippen molar-refractivity contribution in [3.8, 4) is 5.75 Å². The molecule has 110 valence electrons. The maximum Gasteiger partial charge on any atom is 0.273 e. The van der Waals surface area contributed by atoms with Gasteiger partial charge in [0.05, 0.1) is 23.7 Å². The van der Waals surface area contributed by atoms with Crippen LogP contribution >= 0.6 is 11.6 Å². The molecule has 0 spiro atoms. The van der Waals surface area contributed by atoms with Gasteiger partial charge in [0.25, 0.3) is 11.6 Å². The zero-order valence-electron chi connectivity index (χ0n) is 11.2. The van der Waals surface area contributed by atoms with Crippen LogP contribution in [0.2, 0.25) is 0 Å². The number of alkyl halides is 1. The van der Waals surface area contributed by atoms with Crippen LogP contribution in [0.1, 0.15) is 29.6 Å². The van der Waals surface area contributed by atoms with E-state index < -0.39 is 4.92 Å². The lowest BCUT2D eigenvalue weighted by atomic mass is 10.1. The highest BCUT2D eigenvalue weighted by molar-refractivity contribution is 6.17. The maximum atomic E-state index is 12.0. The van der Waals surface area contributed by atoms with Crippen molar-refractivity contribution in [2.45, 2.75) is 19.3 Å². The Hall–Kier alpha value is -1.82. The van der Waals surface area contributed by atoms with Crippen LogP contribution in [0.15, 0.2) is 18.2 Å². The van der Waals surface area contributed by atoms with E-state index in [0.29, 0.717) is 12.4 Å². The number of benzene rings is 1. The molecule has 1 N–H and O–H groups in total. The van der Waals surface area contributed by atoms with E-state index in [4.69, 9.17) is 16.3 Å². The number of ether oxygens (including phenoxy) is 1. The van der Waals surface area contributed by atoms with Crippen LogP contribution in [0.25, 0.3) is 0 Å². The molecule has 0 aliphatic carbocycles. The number of rotatable bonds is 8. The van der Waals surface area contributed by atoms with Gasteiger partial charge < -0.3 is 10.1 Å². The van der Waals surface area contributed by atoms with Crippen LogP contribution < -0.4 is 10.1 Å². The van der Waals surface area contributed by atoms with Crippen molar-refractivity contribution in [3.05, 3.63) is 33.9 Å². The van der Waals surface area contributed by atoms with Gasteiger partial charge in [-0.3, -0.25) is 14.9 Å². The highest BCUT2D eigenvalue weighted by Crippen LogP contribution is 2.24. The molecule has 6 nitrogen and oxygen atoms in total. The molecule has 0 bridgehead atoms. The summed E-state index contributed by atoms with van der Waals surface area (Å²) in [6, 6.07) is 3.92. The number of methoxy groups -OCH3 is 1. The second kappa shape index (κ2) is 8.37. The number of amides is 1. The largest absolute Gasteiger partial charge is 0.496 e. The third-order valence-corrected chi connectivity index (χ3v) is 3.00. The molecular weight excluding hydrogens is 284 g/mol. The minimum absolute atomic E-state index is 0.111. The van der Waals surface area contributed by atoms with Gasteiger partial charge in [-0.1, -0.05) is 6.42 Å². The number of hydrogen-bond donors (Lipinski definition) is 1. The van der Waals surface area contributed by atoms with Gasteiger partial charge in [0.2, 0.25) is 0 Å². The SMILES string of the molecule is COc1cc([N+](=O)[O-])ccc1C(=O)NCCCCCCl. The van der Waals surface area contributed by atoms with Crippen LogP contribution in [0.4, 0.5) is 5.69 Å². The molecule has 0 heterocycles. The van der Waals surface area contributed by atoms with Gasteiger partial charge in [-0.05, 0) is 18.9 Å². The van der Waals surface area contributed by atoms with Crippen LogP contribution in [0.5, 0.6) is 5.75 Å². The first-order chi connectivity index (χ1) is 9.60. The quantitative estimate of drug-likeness (QED) is 0.346. The maximum absolute atomic E-state index is 12.0. The summed E-state index contributed by atoms with van der Waals surface area (Å²) in [6.07, 6.45) is 2.70.